The molecule has 4 nitrogen and oxygen atoms in total. The summed E-state index contributed by atoms with van der Waals surface area (Å²) < 4.78 is 11.3. The lowest BCUT2D eigenvalue weighted by Crippen LogP contribution is -2.35. The second-order valence-corrected chi connectivity index (χ2v) is 5.26. The lowest BCUT2D eigenvalue weighted by atomic mass is 9.86. The molecule has 104 valence electrons. The monoisotopic (exact) mass is 262 g/mol. The molecule has 0 aliphatic carbocycles. The molecule has 0 saturated carbocycles. The van der Waals surface area contributed by atoms with Crippen LogP contribution in [0.4, 0.5) is 0 Å². The largest absolute Gasteiger partial charge is 0.486 e. The Labute approximate surface area is 114 Å². The van der Waals surface area contributed by atoms with Gasteiger partial charge < -0.3 is 20.1 Å². The Morgan fingerprint density at radius 2 is 1.89 bits per heavy atom. The first-order valence-electron chi connectivity index (χ1n) is 7.16. The molecule has 2 N–H and O–H groups in total. The number of hydrogen-bond donors (Lipinski definition) is 2. The average molecular weight is 262 g/mol. The van der Waals surface area contributed by atoms with Crippen LogP contribution in [0.5, 0.6) is 11.5 Å². The van der Waals surface area contributed by atoms with Crippen molar-refractivity contribution in [2.24, 2.45) is 5.92 Å². The smallest absolute Gasteiger partial charge is 0.161 e. The Hall–Kier alpha value is -1.26. The topological polar surface area (TPSA) is 42.5 Å². The molecule has 2 aliphatic rings. The van der Waals surface area contributed by atoms with E-state index in [4.69, 9.17) is 9.47 Å². The number of rotatable bonds is 3. The van der Waals surface area contributed by atoms with E-state index in [0.717, 1.165) is 24.6 Å². The summed E-state index contributed by atoms with van der Waals surface area (Å²) in [6.45, 7) is 3.53. The van der Waals surface area contributed by atoms with Gasteiger partial charge in [0.1, 0.15) is 13.2 Å². The molecule has 0 bridgehead atoms. The highest BCUT2D eigenvalue weighted by Crippen LogP contribution is 2.36. The van der Waals surface area contributed by atoms with Gasteiger partial charge in [-0.15, -0.1) is 0 Å². The van der Waals surface area contributed by atoms with Crippen LogP contribution in [-0.4, -0.2) is 33.4 Å². The third-order valence-corrected chi connectivity index (χ3v) is 4.09. The molecule has 0 spiro atoms. The average Bonchev–Trinajstić information content (AvgIpc) is 2.49. The molecule has 0 amide bonds. The van der Waals surface area contributed by atoms with Gasteiger partial charge in [0.25, 0.3) is 0 Å². The Morgan fingerprint density at radius 3 is 2.63 bits per heavy atom. The van der Waals surface area contributed by atoms with E-state index in [1.54, 1.807) is 0 Å². The maximum atomic E-state index is 5.68. The summed E-state index contributed by atoms with van der Waals surface area (Å²) in [7, 11) is 2.05. The van der Waals surface area contributed by atoms with E-state index < -0.39 is 0 Å². The fraction of sp³-hybridized carbons (Fsp3) is 0.600. The molecular formula is C15H22N2O2. The minimum Gasteiger partial charge on any atom is -0.486 e. The summed E-state index contributed by atoms with van der Waals surface area (Å²) in [4.78, 5) is 0. The Morgan fingerprint density at radius 1 is 1.16 bits per heavy atom. The van der Waals surface area contributed by atoms with Crippen molar-refractivity contribution >= 4 is 0 Å². The molecule has 2 heterocycles. The zero-order valence-corrected chi connectivity index (χ0v) is 11.4. The van der Waals surface area contributed by atoms with E-state index >= 15 is 0 Å². The van der Waals surface area contributed by atoms with Crippen LogP contribution in [0, 0.1) is 5.92 Å². The first-order chi connectivity index (χ1) is 9.38. The van der Waals surface area contributed by atoms with E-state index in [1.165, 1.54) is 18.4 Å². The third-order valence-electron chi connectivity index (χ3n) is 4.09. The molecule has 0 aromatic heterocycles. The fourth-order valence-electron chi connectivity index (χ4n) is 3.11. The molecule has 1 saturated heterocycles. The standard InChI is InChI=1S/C15H22N2O2/c1-16-15(11-4-6-17-7-5-11)12-2-3-13-14(10-12)19-9-8-18-13/h2-3,10-11,15-17H,4-9H2,1H3. The van der Waals surface area contributed by atoms with E-state index in [1.807, 2.05) is 13.1 Å². The van der Waals surface area contributed by atoms with Crippen LogP contribution in [0.1, 0.15) is 24.4 Å². The first kappa shape index (κ1) is 12.8. The van der Waals surface area contributed by atoms with Crippen LogP contribution in [0.2, 0.25) is 0 Å². The van der Waals surface area contributed by atoms with E-state index in [2.05, 4.69) is 22.8 Å². The van der Waals surface area contributed by atoms with Crippen molar-refractivity contribution in [2.45, 2.75) is 18.9 Å². The summed E-state index contributed by atoms with van der Waals surface area (Å²) in [6, 6.07) is 6.74. The van der Waals surface area contributed by atoms with E-state index in [9.17, 15) is 0 Å². The van der Waals surface area contributed by atoms with Crippen molar-refractivity contribution in [1.29, 1.82) is 0 Å². The number of hydrogen-bond acceptors (Lipinski definition) is 4. The maximum absolute atomic E-state index is 5.68. The second-order valence-electron chi connectivity index (χ2n) is 5.26. The molecule has 3 rings (SSSR count). The van der Waals surface area contributed by atoms with Crippen LogP contribution in [-0.2, 0) is 0 Å². The maximum Gasteiger partial charge on any atom is 0.161 e. The van der Waals surface area contributed by atoms with Gasteiger partial charge in [-0.05, 0) is 56.6 Å². The van der Waals surface area contributed by atoms with Gasteiger partial charge in [-0.1, -0.05) is 6.07 Å². The van der Waals surface area contributed by atoms with Crippen molar-refractivity contribution in [1.82, 2.24) is 10.6 Å². The number of nitrogens with one attached hydrogen (secondary N) is 2. The molecule has 19 heavy (non-hydrogen) atoms. The minimum atomic E-state index is 0.401. The first-order valence-corrected chi connectivity index (χ1v) is 7.16. The van der Waals surface area contributed by atoms with Gasteiger partial charge in [0, 0.05) is 6.04 Å². The van der Waals surface area contributed by atoms with E-state index in [0.29, 0.717) is 25.2 Å². The fourth-order valence-corrected chi connectivity index (χ4v) is 3.11. The van der Waals surface area contributed by atoms with Gasteiger partial charge >= 0.3 is 0 Å². The second kappa shape index (κ2) is 5.80. The summed E-state index contributed by atoms with van der Waals surface area (Å²) in [5.74, 6) is 2.45. The summed E-state index contributed by atoms with van der Waals surface area (Å²) in [6.07, 6.45) is 2.44. The third kappa shape index (κ3) is 2.69. The van der Waals surface area contributed by atoms with Crippen molar-refractivity contribution in [2.75, 3.05) is 33.4 Å². The molecule has 1 atom stereocenters. The molecular weight excluding hydrogens is 240 g/mol. The van der Waals surface area contributed by atoms with Crippen molar-refractivity contribution in [3.05, 3.63) is 23.8 Å². The lowest BCUT2D eigenvalue weighted by Gasteiger charge is -2.31. The highest BCUT2D eigenvalue weighted by molar-refractivity contribution is 5.44. The number of ether oxygens (including phenoxy) is 2. The normalized spacial score (nSPS) is 21.1. The SMILES string of the molecule is CNC(c1ccc2c(c1)OCCO2)C1CCNCC1. The van der Waals surface area contributed by atoms with Gasteiger partial charge in [-0.2, -0.15) is 0 Å². The number of piperidine rings is 1. The summed E-state index contributed by atoms with van der Waals surface area (Å²) >= 11 is 0. The molecule has 1 fully saturated rings. The van der Waals surface area contributed by atoms with Gasteiger partial charge in [0.05, 0.1) is 0 Å². The van der Waals surface area contributed by atoms with Crippen molar-refractivity contribution in [3.63, 3.8) is 0 Å². The van der Waals surface area contributed by atoms with Crippen LogP contribution in [0.25, 0.3) is 0 Å². The van der Waals surface area contributed by atoms with Gasteiger partial charge in [-0.3, -0.25) is 0 Å². The van der Waals surface area contributed by atoms with E-state index in [-0.39, 0.29) is 0 Å². The Bertz CT molecular complexity index is 430. The predicted molar refractivity (Wildman–Crippen MR) is 74.8 cm³/mol. The molecule has 0 radical (unpaired) electrons. The van der Waals surface area contributed by atoms with Crippen LogP contribution in [0.15, 0.2) is 18.2 Å². The summed E-state index contributed by atoms with van der Waals surface area (Å²) in [5, 5.41) is 6.89. The quantitative estimate of drug-likeness (QED) is 0.870. The van der Waals surface area contributed by atoms with Gasteiger partial charge in [0.2, 0.25) is 0 Å². The van der Waals surface area contributed by atoms with Crippen LogP contribution >= 0.6 is 0 Å². The lowest BCUT2D eigenvalue weighted by molar-refractivity contribution is 0.171. The number of fused-ring (bicyclic) bond motifs is 1. The summed E-state index contributed by atoms with van der Waals surface area (Å²) in [5.41, 5.74) is 1.30. The predicted octanol–water partition coefficient (Wildman–Crippen LogP) is 1.72. The molecule has 1 aromatic rings. The Kier molecular flexibility index (Phi) is 3.89. The minimum absolute atomic E-state index is 0.401. The highest BCUT2D eigenvalue weighted by Gasteiger charge is 2.25. The molecule has 1 aromatic carbocycles. The van der Waals surface area contributed by atoms with Crippen molar-refractivity contribution in [3.8, 4) is 11.5 Å². The zero-order valence-electron chi connectivity index (χ0n) is 11.4. The molecule has 2 aliphatic heterocycles. The van der Waals surface area contributed by atoms with Crippen molar-refractivity contribution < 1.29 is 9.47 Å². The zero-order chi connectivity index (χ0) is 13.1. The van der Waals surface area contributed by atoms with Gasteiger partial charge in [-0.25, -0.2) is 0 Å². The van der Waals surface area contributed by atoms with Crippen LogP contribution in [0.3, 0.4) is 0 Å². The number of benzene rings is 1. The molecule has 1 unspecified atom stereocenters. The molecule has 4 heteroatoms. The Balaban J connectivity index is 1.82. The van der Waals surface area contributed by atoms with Gasteiger partial charge in [0.15, 0.2) is 11.5 Å². The highest BCUT2D eigenvalue weighted by atomic mass is 16.6. The van der Waals surface area contributed by atoms with Crippen LogP contribution < -0.4 is 20.1 Å².